The lowest BCUT2D eigenvalue weighted by atomic mass is 10.0. The van der Waals surface area contributed by atoms with Crippen molar-refractivity contribution >= 4 is 28.1 Å². The number of aliphatic hydroxyl groups is 1. The van der Waals surface area contributed by atoms with Crippen molar-refractivity contribution in [3.05, 3.63) is 89.4 Å². The van der Waals surface area contributed by atoms with Crippen LogP contribution in [0.4, 0.5) is 15.2 Å². The first-order valence-electron chi connectivity index (χ1n) is 10.9. The zero-order valence-corrected chi connectivity index (χ0v) is 19.8. The molecule has 0 saturated heterocycles. The molecule has 0 bridgehead atoms. The van der Waals surface area contributed by atoms with Gasteiger partial charge < -0.3 is 20.9 Å². The molecule has 35 heavy (non-hydrogen) atoms. The van der Waals surface area contributed by atoms with Crippen LogP contribution in [0.1, 0.15) is 46.9 Å². The van der Waals surface area contributed by atoms with E-state index in [4.69, 9.17) is 10.5 Å². The van der Waals surface area contributed by atoms with Crippen molar-refractivity contribution in [2.45, 2.75) is 32.7 Å². The summed E-state index contributed by atoms with van der Waals surface area (Å²) in [5, 5.41) is 13.5. The monoisotopic (exact) mass is 493 g/mol. The van der Waals surface area contributed by atoms with E-state index in [-0.39, 0.29) is 18.8 Å². The van der Waals surface area contributed by atoms with Crippen LogP contribution in [0.15, 0.2) is 60.9 Å². The molecule has 0 radical (unpaired) electrons. The summed E-state index contributed by atoms with van der Waals surface area (Å²) in [4.78, 5) is 25.3. The second-order valence-electron chi connectivity index (χ2n) is 7.68. The lowest BCUT2D eigenvalue weighted by Gasteiger charge is -2.09. The topological polar surface area (TPSA) is 123 Å². The van der Waals surface area contributed by atoms with E-state index in [1.807, 2.05) is 19.1 Å². The predicted octanol–water partition coefficient (Wildman–Crippen LogP) is 4.74. The van der Waals surface area contributed by atoms with Crippen LogP contribution in [-0.4, -0.2) is 26.0 Å². The van der Waals surface area contributed by atoms with E-state index < -0.39 is 17.8 Å². The maximum atomic E-state index is 14.8. The molecule has 4 rings (SSSR count). The highest BCUT2D eigenvalue weighted by Crippen LogP contribution is 2.38. The van der Waals surface area contributed by atoms with Gasteiger partial charge in [0.25, 0.3) is 5.91 Å². The minimum Gasteiger partial charge on any atom is -0.388 e. The van der Waals surface area contributed by atoms with Crippen molar-refractivity contribution in [1.29, 1.82) is 0 Å². The number of carbonyl (C=O) groups is 1. The van der Waals surface area contributed by atoms with Crippen LogP contribution in [-0.2, 0) is 18.0 Å². The van der Waals surface area contributed by atoms with Gasteiger partial charge in [0, 0.05) is 22.8 Å². The van der Waals surface area contributed by atoms with Gasteiger partial charge in [0.1, 0.15) is 23.2 Å². The second kappa shape index (κ2) is 11.1. The minimum atomic E-state index is -0.733. The molecule has 3 heterocycles. The third-order valence-electron chi connectivity index (χ3n) is 5.18. The van der Waals surface area contributed by atoms with E-state index in [2.05, 4.69) is 20.3 Å². The summed E-state index contributed by atoms with van der Waals surface area (Å²) >= 11 is 1.19. The van der Waals surface area contributed by atoms with Gasteiger partial charge in [-0.05, 0) is 42.3 Å². The third kappa shape index (κ3) is 6.04. The Morgan fingerprint density at radius 1 is 1.17 bits per heavy atom. The van der Waals surface area contributed by atoms with Crippen LogP contribution in [0.5, 0.6) is 0 Å². The Labute approximate surface area is 205 Å². The van der Waals surface area contributed by atoms with Crippen molar-refractivity contribution in [3.63, 3.8) is 0 Å². The fraction of sp³-hybridized carbons (Fsp3) is 0.200. The van der Waals surface area contributed by atoms with Crippen molar-refractivity contribution in [1.82, 2.24) is 15.0 Å². The molecule has 1 aromatic carbocycles. The highest BCUT2D eigenvalue weighted by molar-refractivity contribution is 7.19. The maximum Gasteiger partial charge on any atom is 0.251 e. The molecule has 8 nitrogen and oxygen atoms in total. The minimum absolute atomic E-state index is 0.228. The lowest BCUT2D eigenvalue weighted by Crippen LogP contribution is -2.11. The van der Waals surface area contributed by atoms with E-state index in [9.17, 15) is 14.3 Å². The summed E-state index contributed by atoms with van der Waals surface area (Å²) in [6.45, 7) is 2.31. The van der Waals surface area contributed by atoms with Gasteiger partial charge in [0.05, 0.1) is 24.0 Å². The number of primary amides is 1. The molecule has 0 aliphatic carbocycles. The number of benzene rings is 1. The first-order valence-corrected chi connectivity index (χ1v) is 11.7. The van der Waals surface area contributed by atoms with E-state index >= 15 is 0 Å². The average Bonchev–Trinajstić information content (AvgIpc) is 3.28. The standard InChI is InChI=1S/C25H24FN5O3S/c1-2-20(32)15-7-8-17(19(26)11-15)21-12-18(24(27)33)25(35-21)31-22-6-3-5-16(30-22)13-34-14-23-28-9-4-10-29-23/h3-12,20,32H,2,13-14H2,1H3,(H2,27,33)(H,30,31). The first kappa shape index (κ1) is 24.4. The fourth-order valence-corrected chi connectivity index (χ4v) is 4.47. The summed E-state index contributed by atoms with van der Waals surface area (Å²) in [7, 11) is 0. The van der Waals surface area contributed by atoms with E-state index in [0.29, 0.717) is 44.8 Å². The molecule has 3 aromatic heterocycles. The number of nitrogens with one attached hydrogen (secondary N) is 1. The van der Waals surface area contributed by atoms with Gasteiger partial charge in [-0.2, -0.15) is 0 Å². The normalized spacial score (nSPS) is 11.9. The number of hydrogen-bond donors (Lipinski definition) is 3. The number of anilines is 2. The van der Waals surface area contributed by atoms with Crippen molar-refractivity contribution in [3.8, 4) is 10.4 Å². The summed E-state index contributed by atoms with van der Waals surface area (Å²) in [5.41, 5.74) is 7.29. The van der Waals surface area contributed by atoms with E-state index in [1.54, 1.807) is 42.7 Å². The molecule has 0 fully saturated rings. The summed E-state index contributed by atoms with van der Waals surface area (Å²) < 4.78 is 20.5. The van der Waals surface area contributed by atoms with Gasteiger partial charge in [0.2, 0.25) is 0 Å². The molecule has 0 saturated carbocycles. The van der Waals surface area contributed by atoms with E-state index in [1.165, 1.54) is 17.4 Å². The van der Waals surface area contributed by atoms with Crippen LogP contribution in [0, 0.1) is 5.82 Å². The maximum absolute atomic E-state index is 14.8. The first-order chi connectivity index (χ1) is 16.9. The molecule has 180 valence electrons. The number of aromatic nitrogens is 3. The van der Waals surface area contributed by atoms with E-state index in [0.717, 1.165) is 0 Å². The predicted molar refractivity (Wildman–Crippen MR) is 132 cm³/mol. The van der Waals surface area contributed by atoms with Gasteiger partial charge >= 0.3 is 0 Å². The largest absolute Gasteiger partial charge is 0.388 e. The van der Waals surface area contributed by atoms with Gasteiger partial charge in [-0.1, -0.05) is 25.1 Å². The Bertz CT molecular complexity index is 1320. The number of nitrogens with two attached hydrogens (primary N) is 1. The number of ether oxygens (including phenoxy) is 1. The third-order valence-corrected chi connectivity index (χ3v) is 6.26. The average molecular weight is 494 g/mol. The number of carbonyl (C=O) groups excluding carboxylic acids is 1. The summed E-state index contributed by atoms with van der Waals surface area (Å²) in [6, 6.07) is 13.2. The fourth-order valence-electron chi connectivity index (χ4n) is 3.37. The number of rotatable bonds is 10. The van der Waals surface area contributed by atoms with Gasteiger partial charge in [-0.3, -0.25) is 4.79 Å². The SMILES string of the molecule is CCC(O)c1ccc(-c2cc(C(N)=O)c(Nc3cccc(COCc4ncccn4)n3)s2)c(F)c1. The molecule has 0 aliphatic rings. The quantitative estimate of drug-likeness (QED) is 0.291. The Hall–Kier alpha value is -3.73. The molecule has 1 amide bonds. The van der Waals surface area contributed by atoms with Crippen LogP contribution >= 0.6 is 11.3 Å². The van der Waals surface area contributed by atoms with Crippen LogP contribution in [0.2, 0.25) is 0 Å². The number of amides is 1. The number of halogens is 1. The van der Waals surface area contributed by atoms with Gasteiger partial charge in [-0.15, -0.1) is 11.3 Å². The number of pyridine rings is 1. The molecular formula is C25H24FN5O3S. The summed E-state index contributed by atoms with van der Waals surface area (Å²) in [6.07, 6.45) is 3.04. The molecule has 0 spiro atoms. The van der Waals surface area contributed by atoms with Crippen LogP contribution in [0.25, 0.3) is 10.4 Å². The van der Waals surface area contributed by atoms with Crippen molar-refractivity contribution in [2.75, 3.05) is 5.32 Å². The second-order valence-corrected chi connectivity index (χ2v) is 8.73. The van der Waals surface area contributed by atoms with Gasteiger partial charge in [-0.25, -0.2) is 19.3 Å². The molecule has 1 atom stereocenters. The molecule has 0 aliphatic heterocycles. The zero-order chi connectivity index (χ0) is 24.8. The van der Waals surface area contributed by atoms with Crippen LogP contribution < -0.4 is 11.1 Å². The Balaban J connectivity index is 1.52. The van der Waals surface area contributed by atoms with Crippen molar-refractivity contribution in [2.24, 2.45) is 5.73 Å². The highest BCUT2D eigenvalue weighted by atomic mass is 32.1. The zero-order valence-electron chi connectivity index (χ0n) is 18.9. The molecular weight excluding hydrogens is 469 g/mol. The Morgan fingerprint density at radius 3 is 2.69 bits per heavy atom. The number of hydrogen-bond acceptors (Lipinski definition) is 8. The van der Waals surface area contributed by atoms with Crippen molar-refractivity contribution < 1.29 is 19.0 Å². The lowest BCUT2D eigenvalue weighted by molar-refractivity contribution is 0.0992. The molecule has 1 unspecified atom stereocenters. The number of nitrogens with zero attached hydrogens (tertiary/aromatic N) is 3. The molecule has 4 N–H and O–H groups in total. The molecule has 10 heteroatoms. The number of aliphatic hydroxyl groups excluding tert-OH is 1. The summed E-state index contributed by atoms with van der Waals surface area (Å²) in [5.74, 6) is -0.0717. The number of thiophene rings is 1. The van der Waals surface area contributed by atoms with Crippen LogP contribution in [0.3, 0.4) is 0 Å². The Morgan fingerprint density at radius 2 is 1.97 bits per heavy atom. The highest BCUT2D eigenvalue weighted by Gasteiger charge is 2.18. The van der Waals surface area contributed by atoms with Gasteiger partial charge in [0.15, 0.2) is 5.82 Å². The molecule has 4 aromatic rings. The smallest absolute Gasteiger partial charge is 0.251 e. The Kier molecular flexibility index (Phi) is 7.76.